The van der Waals surface area contributed by atoms with Crippen molar-refractivity contribution in [2.75, 3.05) is 13.1 Å². The predicted octanol–water partition coefficient (Wildman–Crippen LogP) is 2.29. The molecular formula is C21H24N4O. The summed E-state index contributed by atoms with van der Waals surface area (Å²) in [5, 5.41) is 6.64. The average molecular weight is 348 g/mol. The Kier molecular flexibility index (Phi) is 4.71. The summed E-state index contributed by atoms with van der Waals surface area (Å²) in [5.74, 6) is 1.33. The molecule has 0 spiro atoms. The molecule has 1 fully saturated rings. The fourth-order valence-corrected chi connectivity index (χ4v) is 3.82. The molecule has 2 heterocycles. The van der Waals surface area contributed by atoms with Crippen molar-refractivity contribution in [1.29, 1.82) is 0 Å². The van der Waals surface area contributed by atoms with Gasteiger partial charge in [-0.05, 0) is 37.0 Å². The van der Waals surface area contributed by atoms with Crippen LogP contribution >= 0.6 is 0 Å². The van der Waals surface area contributed by atoms with Crippen LogP contribution in [-0.2, 0) is 17.8 Å². The molecule has 3 aromatic rings. The van der Waals surface area contributed by atoms with Crippen LogP contribution in [0.1, 0.15) is 11.4 Å². The molecule has 26 heavy (non-hydrogen) atoms. The minimum Gasteiger partial charge on any atom is -0.350 e. The first-order valence-corrected chi connectivity index (χ1v) is 9.16. The zero-order valence-corrected chi connectivity index (χ0v) is 15.0. The van der Waals surface area contributed by atoms with E-state index < -0.39 is 0 Å². The van der Waals surface area contributed by atoms with Crippen LogP contribution in [0.25, 0.3) is 11.0 Å². The first kappa shape index (κ1) is 16.8. The Labute approximate surface area is 153 Å². The number of imidazole rings is 1. The third kappa shape index (κ3) is 3.48. The summed E-state index contributed by atoms with van der Waals surface area (Å²) >= 11 is 0. The predicted molar refractivity (Wildman–Crippen MR) is 103 cm³/mol. The number of nitrogens with zero attached hydrogens (tertiary/aromatic N) is 2. The van der Waals surface area contributed by atoms with E-state index in [0.29, 0.717) is 12.5 Å². The molecule has 0 bridgehead atoms. The van der Waals surface area contributed by atoms with Crippen LogP contribution in [0.4, 0.5) is 0 Å². The molecule has 1 aromatic heterocycles. The Hall–Kier alpha value is -2.66. The molecule has 5 heteroatoms. The van der Waals surface area contributed by atoms with Gasteiger partial charge in [0.05, 0.1) is 11.0 Å². The first-order chi connectivity index (χ1) is 12.7. The van der Waals surface area contributed by atoms with Gasteiger partial charge in [-0.3, -0.25) is 4.79 Å². The van der Waals surface area contributed by atoms with E-state index in [1.807, 2.05) is 41.8 Å². The van der Waals surface area contributed by atoms with Gasteiger partial charge in [0, 0.05) is 19.1 Å². The van der Waals surface area contributed by atoms with E-state index in [2.05, 4.69) is 39.9 Å². The second-order valence-electron chi connectivity index (χ2n) is 7.02. The van der Waals surface area contributed by atoms with Gasteiger partial charge in [0.15, 0.2) is 0 Å². The molecule has 4 rings (SSSR count). The van der Waals surface area contributed by atoms with Gasteiger partial charge in [-0.15, -0.1) is 0 Å². The van der Waals surface area contributed by atoms with Gasteiger partial charge in [-0.2, -0.15) is 0 Å². The number of fused-ring (bicyclic) bond motifs is 1. The SMILES string of the molecule is Cc1nc2ccccc2n1CC(=O)N[C@@H]1CNC[C@@H]1Cc1ccccc1. The van der Waals surface area contributed by atoms with Crippen molar-refractivity contribution in [1.82, 2.24) is 20.2 Å². The lowest BCUT2D eigenvalue weighted by Crippen LogP contribution is -2.42. The molecule has 0 unspecified atom stereocenters. The molecule has 1 aliphatic rings. The topological polar surface area (TPSA) is 59.0 Å². The molecule has 134 valence electrons. The van der Waals surface area contributed by atoms with Crippen molar-refractivity contribution in [2.24, 2.45) is 5.92 Å². The minimum absolute atomic E-state index is 0.0445. The molecule has 5 nitrogen and oxygen atoms in total. The van der Waals surface area contributed by atoms with Crippen molar-refractivity contribution in [3.8, 4) is 0 Å². The van der Waals surface area contributed by atoms with E-state index in [-0.39, 0.29) is 11.9 Å². The maximum atomic E-state index is 12.7. The molecule has 1 aliphatic heterocycles. The average Bonchev–Trinajstić information content (AvgIpc) is 3.20. The summed E-state index contributed by atoms with van der Waals surface area (Å²) in [6.07, 6.45) is 0.978. The second-order valence-corrected chi connectivity index (χ2v) is 7.02. The van der Waals surface area contributed by atoms with Gasteiger partial charge >= 0.3 is 0 Å². The summed E-state index contributed by atoms with van der Waals surface area (Å²) in [7, 11) is 0. The standard InChI is InChI=1S/C21H24N4O/c1-15-23-18-9-5-6-10-20(18)25(15)14-21(26)24-19-13-22-12-17(19)11-16-7-3-2-4-8-16/h2-10,17,19,22H,11-14H2,1H3,(H,24,26)/t17-,19+/m0/s1. The number of hydrogen-bond donors (Lipinski definition) is 2. The highest BCUT2D eigenvalue weighted by molar-refractivity contribution is 5.81. The zero-order chi connectivity index (χ0) is 17.9. The molecule has 0 aliphatic carbocycles. The molecule has 0 saturated carbocycles. The van der Waals surface area contributed by atoms with E-state index in [0.717, 1.165) is 36.4 Å². The van der Waals surface area contributed by atoms with Crippen LogP contribution in [0, 0.1) is 12.8 Å². The van der Waals surface area contributed by atoms with E-state index in [4.69, 9.17) is 0 Å². The van der Waals surface area contributed by atoms with Crippen molar-refractivity contribution < 1.29 is 4.79 Å². The lowest BCUT2D eigenvalue weighted by atomic mass is 9.95. The van der Waals surface area contributed by atoms with E-state index >= 15 is 0 Å². The number of aromatic nitrogens is 2. The zero-order valence-electron chi connectivity index (χ0n) is 15.0. The third-order valence-corrected chi connectivity index (χ3v) is 5.17. The molecule has 1 amide bonds. The molecule has 2 atom stereocenters. The second kappa shape index (κ2) is 7.30. The van der Waals surface area contributed by atoms with Crippen LogP contribution in [-0.4, -0.2) is 34.6 Å². The molecular weight excluding hydrogens is 324 g/mol. The highest BCUT2D eigenvalue weighted by Gasteiger charge is 2.28. The summed E-state index contributed by atoms with van der Waals surface area (Å²) in [5.41, 5.74) is 3.25. The normalized spacial score (nSPS) is 19.7. The lowest BCUT2D eigenvalue weighted by molar-refractivity contribution is -0.122. The van der Waals surface area contributed by atoms with Gasteiger partial charge in [0.1, 0.15) is 12.4 Å². The van der Waals surface area contributed by atoms with E-state index in [1.165, 1.54) is 5.56 Å². The summed E-state index contributed by atoms with van der Waals surface area (Å²) in [4.78, 5) is 17.2. The Morgan fingerprint density at radius 3 is 2.77 bits per heavy atom. The minimum atomic E-state index is 0.0445. The largest absolute Gasteiger partial charge is 0.350 e. The van der Waals surface area contributed by atoms with Crippen LogP contribution in [0.15, 0.2) is 54.6 Å². The van der Waals surface area contributed by atoms with Gasteiger partial charge < -0.3 is 15.2 Å². The van der Waals surface area contributed by atoms with Crippen LogP contribution < -0.4 is 10.6 Å². The Balaban J connectivity index is 1.43. The lowest BCUT2D eigenvalue weighted by Gasteiger charge is -2.20. The van der Waals surface area contributed by atoms with E-state index in [1.54, 1.807) is 0 Å². The number of carbonyl (C=O) groups is 1. The summed E-state index contributed by atoms with van der Waals surface area (Å²) in [6, 6.07) is 18.6. The van der Waals surface area contributed by atoms with Crippen molar-refractivity contribution >= 4 is 16.9 Å². The van der Waals surface area contributed by atoms with Gasteiger partial charge in [0.25, 0.3) is 0 Å². The third-order valence-electron chi connectivity index (χ3n) is 5.17. The molecule has 1 saturated heterocycles. The molecule has 2 aromatic carbocycles. The Bertz CT molecular complexity index is 903. The monoisotopic (exact) mass is 348 g/mol. The maximum absolute atomic E-state index is 12.7. The number of carbonyl (C=O) groups excluding carboxylic acids is 1. The van der Waals surface area contributed by atoms with Crippen LogP contribution in [0.5, 0.6) is 0 Å². The van der Waals surface area contributed by atoms with Crippen molar-refractivity contribution in [3.05, 3.63) is 66.0 Å². The highest BCUT2D eigenvalue weighted by atomic mass is 16.2. The van der Waals surface area contributed by atoms with Gasteiger partial charge in [-0.1, -0.05) is 42.5 Å². The quantitative estimate of drug-likeness (QED) is 0.744. The van der Waals surface area contributed by atoms with Crippen molar-refractivity contribution in [2.45, 2.75) is 25.9 Å². The number of nitrogens with one attached hydrogen (secondary N) is 2. The number of rotatable bonds is 5. The maximum Gasteiger partial charge on any atom is 0.240 e. The van der Waals surface area contributed by atoms with Crippen LogP contribution in [0.2, 0.25) is 0 Å². The highest BCUT2D eigenvalue weighted by Crippen LogP contribution is 2.17. The molecule has 0 radical (unpaired) electrons. The summed E-state index contributed by atoms with van der Waals surface area (Å²) < 4.78 is 1.99. The van der Waals surface area contributed by atoms with Gasteiger partial charge in [0.2, 0.25) is 5.91 Å². The summed E-state index contributed by atoms with van der Waals surface area (Å²) in [6.45, 7) is 4.02. The van der Waals surface area contributed by atoms with Crippen molar-refractivity contribution in [3.63, 3.8) is 0 Å². The number of aryl methyl sites for hydroxylation is 1. The van der Waals surface area contributed by atoms with E-state index in [9.17, 15) is 4.79 Å². The van der Waals surface area contributed by atoms with Gasteiger partial charge in [-0.25, -0.2) is 4.98 Å². The first-order valence-electron chi connectivity index (χ1n) is 9.16. The Morgan fingerprint density at radius 1 is 1.15 bits per heavy atom. The number of amides is 1. The smallest absolute Gasteiger partial charge is 0.240 e. The number of benzene rings is 2. The molecule has 2 N–H and O–H groups in total. The Morgan fingerprint density at radius 2 is 1.92 bits per heavy atom. The fourth-order valence-electron chi connectivity index (χ4n) is 3.82. The number of hydrogen-bond acceptors (Lipinski definition) is 3. The van der Waals surface area contributed by atoms with Crippen LogP contribution in [0.3, 0.4) is 0 Å². The number of para-hydroxylation sites is 2. The fraction of sp³-hybridized carbons (Fsp3) is 0.333.